The second kappa shape index (κ2) is 8.08. The highest BCUT2D eigenvalue weighted by Gasteiger charge is 2.10. The first kappa shape index (κ1) is 14.0. The van der Waals surface area contributed by atoms with E-state index in [2.05, 4.69) is 11.6 Å². The Morgan fingerprint density at radius 3 is 2.82 bits per heavy atom. The number of thioether (sulfide) groups is 1. The van der Waals surface area contributed by atoms with Gasteiger partial charge in [0.05, 0.1) is 4.92 Å². The highest BCUT2D eigenvalue weighted by Crippen LogP contribution is 2.16. The molecule has 4 nitrogen and oxygen atoms in total. The molecule has 1 rings (SSSR count). The summed E-state index contributed by atoms with van der Waals surface area (Å²) < 4.78 is 0. The highest BCUT2D eigenvalue weighted by molar-refractivity contribution is 7.98. The largest absolute Gasteiger partial charge is 0.312 e. The first-order valence-electron chi connectivity index (χ1n) is 5.67. The van der Waals surface area contributed by atoms with Gasteiger partial charge >= 0.3 is 0 Å². The van der Waals surface area contributed by atoms with Crippen LogP contribution in [0.4, 0.5) is 5.69 Å². The summed E-state index contributed by atoms with van der Waals surface area (Å²) in [5, 5.41) is 14.0. The third-order valence-electron chi connectivity index (χ3n) is 2.46. The molecule has 0 aromatic heterocycles. The minimum absolute atomic E-state index is 0.198. The van der Waals surface area contributed by atoms with Crippen molar-refractivity contribution in [3.8, 4) is 0 Å². The van der Waals surface area contributed by atoms with Gasteiger partial charge in [-0.1, -0.05) is 18.2 Å². The molecule has 0 saturated heterocycles. The van der Waals surface area contributed by atoms with Gasteiger partial charge in [0.1, 0.15) is 0 Å². The predicted octanol–water partition coefficient (Wildman–Crippen LogP) is 2.83. The molecule has 5 heteroatoms. The van der Waals surface area contributed by atoms with E-state index in [1.807, 2.05) is 17.8 Å². The second-order valence-corrected chi connectivity index (χ2v) is 4.75. The van der Waals surface area contributed by atoms with Crippen LogP contribution in [0.3, 0.4) is 0 Å². The molecule has 0 aliphatic heterocycles. The Labute approximate surface area is 106 Å². The van der Waals surface area contributed by atoms with Crippen molar-refractivity contribution in [3.05, 3.63) is 39.9 Å². The van der Waals surface area contributed by atoms with Gasteiger partial charge in [0.2, 0.25) is 0 Å². The van der Waals surface area contributed by atoms with E-state index in [0.29, 0.717) is 6.54 Å². The summed E-state index contributed by atoms with van der Waals surface area (Å²) in [5.41, 5.74) is 0.950. The Bertz CT molecular complexity index is 358. The zero-order valence-electron chi connectivity index (χ0n) is 10.0. The summed E-state index contributed by atoms with van der Waals surface area (Å²) in [4.78, 5) is 10.4. The zero-order chi connectivity index (χ0) is 12.5. The van der Waals surface area contributed by atoms with Crippen molar-refractivity contribution in [3.63, 3.8) is 0 Å². The van der Waals surface area contributed by atoms with Crippen LogP contribution in [0, 0.1) is 10.1 Å². The van der Waals surface area contributed by atoms with Crippen LogP contribution in [0.1, 0.15) is 18.4 Å². The van der Waals surface area contributed by atoms with E-state index in [0.717, 1.165) is 18.5 Å². The van der Waals surface area contributed by atoms with E-state index in [9.17, 15) is 10.1 Å². The molecule has 94 valence electrons. The molecule has 0 fully saturated rings. The number of nitro groups is 1. The maximum Gasteiger partial charge on any atom is 0.273 e. The number of benzene rings is 1. The number of nitrogens with zero attached hydrogens (tertiary/aromatic N) is 1. The minimum Gasteiger partial charge on any atom is -0.312 e. The molecule has 0 amide bonds. The fraction of sp³-hybridized carbons (Fsp3) is 0.500. The fourth-order valence-electron chi connectivity index (χ4n) is 1.56. The van der Waals surface area contributed by atoms with Gasteiger partial charge in [0, 0.05) is 18.2 Å². The van der Waals surface area contributed by atoms with Gasteiger partial charge in [0.25, 0.3) is 5.69 Å². The van der Waals surface area contributed by atoms with Crippen LogP contribution in [0.2, 0.25) is 0 Å². The molecule has 1 N–H and O–H groups in total. The summed E-state index contributed by atoms with van der Waals surface area (Å²) in [7, 11) is 0. The first-order valence-corrected chi connectivity index (χ1v) is 7.07. The van der Waals surface area contributed by atoms with Gasteiger partial charge in [-0.05, 0) is 31.4 Å². The van der Waals surface area contributed by atoms with Gasteiger partial charge in [0.15, 0.2) is 0 Å². The summed E-state index contributed by atoms with van der Waals surface area (Å²) in [6, 6.07) is 6.87. The molecule has 0 spiro atoms. The van der Waals surface area contributed by atoms with Crippen molar-refractivity contribution in [2.24, 2.45) is 0 Å². The molecule has 1 aromatic carbocycles. The number of hydrogen-bond donors (Lipinski definition) is 1. The van der Waals surface area contributed by atoms with E-state index in [1.54, 1.807) is 18.2 Å². The number of rotatable bonds is 8. The van der Waals surface area contributed by atoms with Crippen molar-refractivity contribution in [2.75, 3.05) is 18.6 Å². The molecule has 0 heterocycles. The number of hydrogen-bond acceptors (Lipinski definition) is 4. The molecule has 0 unspecified atom stereocenters. The number of para-hydroxylation sites is 1. The van der Waals surface area contributed by atoms with Crippen LogP contribution in [0.5, 0.6) is 0 Å². The number of nitro benzene ring substituents is 1. The Balaban J connectivity index is 2.34. The van der Waals surface area contributed by atoms with Gasteiger partial charge in [-0.2, -0.15) is 11.8 Å². The summed E-state index contributed by atoms with van der Waals surface area (Å²) in [5.74, 6) is 1.17. The molecular formula is C12H18N2O2S. The lowest BCUT2D eigenvalue weighted by molar-refractivity contribution is -0.385. The lowest BCUT2D eigenvalue weighted by Gasteiger charge is -2.05. The van der Waals surface area contributed by atoms with Crippen molar-refractivity contribution in [1.29, 1.82) is 0 Å². The smallest absolute Gasteiger partial charge is 0.273 e. The lowest BCUT2D eigenvalue weighted by Crippen LogP contribution is -2.15. The third kappa shape index (κ3) is 5.19. The Kier molecular flexibility index (Phi) is 6.65. The van der Waals surface area contributed by atoms with Crippen LogP contribution < -0.4 is 5.32 Å². The number of nitrogens with one attached hydrogen (secondary N) is 1. The third-order valence-corrected chi connectivity index (χ3v) is 3.15. The van der Waals surface area contributed by atoms with Crippen LogP contribution in [0.15, 0.2) is 24.3 Å². The SMILES string of the molecule is CSCCCCNCc1ccccc1[N+](=O)[O-]. The van der Waals surface area contributed by atoms with Gasteiger partial charge in [-0.25, -0.2) is 0 Å². The Morgan fingerprint density at radius 2 is 2.12 bits per heavy atom. The van der Waals surface area contributed by atoms with Gasteiger partial charge in [-0.3, -0.25) is 10.1 Å². The lowest BCUT2D eigenvalue weighted by atomic mass is 10.2. The summed E-state index contributed by atoms with van der Waals surface area (Å²) in [6.45, 7) is 1.48. The van der Waals surface area contributed by atoms with E-state index in [1.165, 1.54) is 12.2 Å². The second-order valence-electron chi connectivity index (χ2n) is 3.76. The molecule has 17 heavy (non-hydrogen) atoms. The molecule has 0 atom stereocenters. The van der Waals surface area contributed by atoms with Crippen molar-refractivity contribution in [1.82, 2.24) is 5.32 Å². The Morgan fingerprint density at radius 1 is 1.35 bits per heavy atom. The molecule has 0 aliphatic carbocycles. The van der Waals surface area contributed by atoms with E-state index >= 15 is 0 Å². The van der Waals surface area contributed by atoms with E-state index in [-0.39, 0.29) is 10.6 Å². The van der Waals surface area contributed by atoms with Crippen LogP contribution in [0.25, 0.3) is 0 Å². The molecular weight excluding hydrogens is 236 g/mol. The average Bonchev–Trinajstić information content (AvgIpc) is 2.34. The molecule has 0 radical (unpaired) electrons. The molecule has 0 bridgehead atoms. The zero-order valence-corrected chi connectivity index (χ0v) is 10.8. The molecule has 0 saturated carbocycles. The summed E-state index contributed by atoms with van der Waals surface area (Å²) in [6.07, 6.45) is 4.40. The Hall–Kier alpha value is -1.07. The van der Waals surface area contributed by atoms with Crippen LogP contribution >= 0.6 is 11.8 Å². The maximum atomic E-state index is 10.8. The van der Waals surface area contributed by atoms with Crippen LogP contribution in [-0.4, -0.2) is 23.5 Å². The fourth-order valence-corrected chi connectivity index (χ4v) is 2.05. The van der Waals surface area contributed by atoms with E-state index in [4.69, 9.17) is 0 Å². The standard InChI is InChI=1S/C12H18N2O2S/c1-17-9-5-4-8-13-10-11-6-2-3-7-12(11)14(15)16/h2-3,6-7,13H,4-5,8-10H2,1H3. The summed E-state index contributed by atoms with van der Waals surface area (Å²) >= 11 is 1.85. The topological polar surface area (TPSA) is 55.2 Å². The highest BCUT2D eigenvalue weighted by atomic mass is 32.2. The van der Waals surface area contributed by atoms with Crippen LogP contribution in [-0.2, 0) is 6.54 Å². The van der Waals surface area contributed by atoms with Crippen molar-refractivity contribution >= 4 is 17.4 Å². The van der Waals surface area contributed by atoms with E-state index < -0.39 is 0 Å². The monoisotopic (exact) mass is 254 g/mol. The normalized spacial score (nSPS) is 10.4. The number of unbranched alkanes of at least 4 members (excludes halogenated alkanes) is 1. The van der Waals surface area contributed by atoms with Gasteiger partial charge in [-0.15, -0.1) is 0 Å². The van der Waals surface area contributed by atoms with Crippen molar-refractivity contribution < 1.29 is 4.92 Å². The quantitative estimate of drug-likeness (QED) is 0.440. The average molecular weight is 254 g/mol. The molecule has 1 aromatic rings. The first-order chi connectivity index (χ1) is 8.25. The molecule has 0 aliphatic rings. The predicted molar refractivity (Wildman–Crippen MR) is 72.4 cm³/mol. The minimum atomic E-state index is -0.329. The maximum absolute atomic E-state index is 10.8. The van der Waals surface area contributed by atoms with Gasteiger partial charge < -0.3 is 5.32 Å². The van der Waals surface area contributed by atoms with Crippen molar-refractivity contribution in [2.45, 2.75) is 19.4 Å².